The summed E-state index contributed by atoms with van der Waals surface area (Å²) >= 11 is 0. The van der Waals surface area contributed by atoms with Gasteiger partial charge in [0.15, 0.2) is 0 Å². The first-order valence-corrected chi connectivity index (χ1v) is 7.84. The molecule has 0 aromatic heterocycles. The van der Waals surface area contributed by atoms with Gasteiger partial charge in [-0.25, -0.2) is 4.79 Å². The molecule has 1 aliphatic carbocycles. The van der Waals surface area contributed by atoms with Gasteiger partial charge in [0.05, 0.1) is 0 Å². The molecule has 1 rings (SSSR count). The van der Waals surface area contributed by atoms with Crippen LogP contribution in [0.5, 0.6) is 0 Å². The fourth-order valence-corrected chi connectivity index (χ4v) is 2.55. The second kappa shape index (κ2) is 9.08. The number of carboxylic acid groups (broad SMARTS) is 1. The molecule has 1 atom stereocenters. The first-order valence-electron chi connectivity index (χ1n) is 7.84. The second-order valence-electron chi connectivity index (χ2n) is 6.17. The van der Waals surface area contributed by atoms with E-state index in [1.165, 1.54) is 12.6 Å². The average Bonchev–Trinajstić information content (AvgIpc) is 2.47. The fraction of sp³-hybridized carbons (Fsp3) is 0.688. The van der Waals surface area contributed by atoms with Crippen LogP contribution in [-0.2, 0) is 9.59 Å². The van der Waals surface area contributed by atoms with Crippen LogP contribution >= 0.6 is 0 Å². The first kappa shape index (κ1) is 18.0. The molecular formula is C16H25N3O3. The summed E-state index contributed by atoms with van der Waals surface area (Å²) in [6.07, 6.45) is 6.87. The largest absolute Gasteiger partial charge is 0.480 e. The van der Waals surface area contributed by atoms with Gasteiger partial charge in [-0.15, -0.1) is 0 Å². The number of nitrogens with one attached hydrogen (secondary N) is 2. The van der Waals surface area contributed by atoms with Crippen molar-refractivity contribution < 1.29 is 14.7 Å². The van der Waals surface area contributed by atoms with Crippen LogP contribution in [0.4, 0.5) is 0 Å². The van der Waals surface area contributed by atoms with Crippen LogP contribution in [0, 0.1) is 17.2 Å². The summed E-state index contributed by atoms with van der Waals surface area (Å²) in [4.78, 5) is 23.2. The van der Waals surface area contributed by atoms with Crippen LogP contribution in [0.25, 0.3) is 0 Å². The molecule has 0 radical (unpaired) electrons. The molecule has 122 valence electrons. The van der Waals surface area contributed by atoms with Crippen molar-refractivity contribution in [1.29, 1.82) is 5.26 Å². The van der Waals surface area contributed by atoms with Crippen LogP contribution < -0.4 is 10.6 Å². The van der Waals surface area contributed by atoms with E-state index in [9.17, 15) is 9.59 Å². The molecule has 0 aromatic rings. The maximum Gasteiger partial charge on any atom is 0.326 e. The van der Waals surface area contributed by atoms with Crippen LogP contribution in [-0.4, -0.2) is 29.1 Å². The van der Waals surface area contributed by atoms with E-state index < -0.39 is 17.9 Å². The quantitative estimate of drug-likeness (QED) is 0.492. The van der Waals surface area contributed by atoms with Gasteiger partial charge in [-0.1, -0.05) is 33.1 Å². The van der Waals surface area contributed by atoms with Gasteiger partial charge < -0.3 is 15.7 Å². The Labute approximate surface area is 131 Å². The lowest BCUT2D eigenvalue weighted by Gasteiger charge is -2.22. The van der Waals surface area contributed by atoms with Crippen molar-refractivity contribution in [2.45, 2.75) is 64.5 Å². The summed E-state index contributed by atoms with van der Waals surface area (Å²) in [7, 11) is 0. The average molecular weight is 307 g/mol. The molecule has 0 aromatic carbocycles. The molecule has 0 spiro atoms. The molecule has 6 heteroatoms. The van der Waals surface area contributed by atoms with Crippen LogP contribution in [0.15, 0.2) is 11.8 Å². The van der Waals surface area contributed by atoms with Gasteiger partial charge in [0, 0.05) is 12.2 Å². The molecule has 0 heterocycles. The fourth-order valence-electron chi connectivity index (χ4n) is 2.55. The van der Waals surface area contributed by atoms with E-state index in [-0.39, 0.29) is 17.5 Å². The molecule has 0 aliphatic heterocycles. The van der Waals surface area contributed by atoms with Crippen molar-refractivity contribution >= 4 is 11.9 Å². The van der Waals surface area contributed by atoms with Crippen molar-refractivity contribution in [1.82, 2.24) is 10.6 Å². The zero-order valence-corrected chi connectivity index (χ0v) is 13.3. The number of carbonyl (C=O) groups is 2. The predicted octanol–water partition coefficient (Wildman–Crippen LogP) is 1.93. The molecule has 3 N–H and O–H groups in total. The summed E-state index contributed by atoms with van der Waals surface area (Å²) in [6.45, 7) is 3.84. The number of amides is 1. The maximum atomic E-state index is 12.1. The Kier molecular flexibility index (Phi) is 7.44. The Balaban J connectivity index is 2.62. The highest BCUT2D eigenvalue weighted by atomic mass is 16.4. The van der Waals surface area contributed by atoms with Gasteiger partial charge >= 0.3 is 5.97 Å². The lowest BCUT2D eigenvalue weighted by Crippen LogP contribution is -2.38. The number of hydrogen-bond acceptors (Lipinski definition) is 4. The standard InChI is InChI=1S/C16H25N3O3/c1-11(2)8-14(16(21)22)18-10-12(9-17)15(20)19-13-6-4-3-5-7-13/h10-11,13-14,18H,3-8H2,1-2H3,(H,19,20)(H,21,22)/b12-10-. The zero-order valence-electron chi connectivity index (χ0n) is 13.3. The topological polar surface area (TPSA) is 102 Å². The smallest absolute Gasteiger partial charge is 0.326 e. The Bertz CT molecular complexity index is 460. The lowest BCUT2D eigenvalue weighted by atomic mass is 9.95. The maximum absolute atomic E-state index is 12.1. The molecule has 1 unspecified atom stereocenters. The van der Waals surface area contributed by atoms with Gasteiger partial charge in [-0.3, -0.25) is 4.79 Å². The van der Waals surface area contributed by atoms with E-state index in [4.69, 9.17) is 10.4 Å². The van der Waals surface area contributed by atoms with E-state index >= 15 is 0 Å². The Morgan fingerprint density at radius 3 is 2.45 bits per heavy atom. The summed E-state index contributed by atoms with van der Waals surface area (Å²) in [5.74, 6) is -1.23. The third kappa shape index (κ3) is 6.17. The Morgan fingerprint density at radius 1 is 1.32 bits per heavy atom. The normalized spacial score (nSPS) is 17.6. The van der Waals surface area contributed by atoms with Gasteiger partial charge in [0.2, 0.25) is 0 Å². The first-order chi connectivity index (χ1) is 10.4. The van der Waals surface area contributed by atoms with Crippen molar-refractivity contribution in [2.24, 2.45) is 5.92 Å². The summed E-state index contributed by atoms with van der Waals surface area (Å²) in [5, 5.41) is 23.7. The van der Waals surface area contributed by atoms with Crippen molar-refractivity contribution in [3.63, 3.8) is 0 Å². The van der Waals surface area contributed by atoms with Crippen LogP contribution in [0.2, 0.25) is 0 Å². The van der Waals surface area contributed by atoms with Crippen molar-refractivity contribution in [3.05, 3.63) is 11.8 Å². The monoisotopic (exact) mass is 307 g/mol. The van der Waals surface area contributed by atoms with E-state index in [0.29, 0.717) is 6.42 Å². The van der Waals surface area contributed by atoms with E-state index in [1.807, 2.05) is 19.9 Å². The highest BCUT2D eigenvalue weighted by molar-refractivity contribution is 5.97. The van der Waals surface area contributed by atoms with Gasteiger partial charge in [0.25, 0.3) is 5.91 Å². The molecule has 6 nitrogen and oxygen atoms in total. The number of nitrogens with zero attached hydrogens (tertiary/aromatic N) is 1. The van der Waals surface area contributed by atoms with E-state index in [0.717, 1.165) is 25.7 Å². The third-order valence-electron chi connectivity index (χ3n) is 3.74. The SMILES string of the molecule is CC(C)CC(N/C=C(/C#N)C(=O)NC1CCCCC1)C(=O)O. The highest BCUT2D eigenvalue weighted by Gasteiger charge is 2.20. The summed E-state index contributed by atoms with van der Waals surface area (Å²) < 4.78 is 0. The minimum atomic E-state index is -0.991. The minimum absolute atomic E-state index is 0.0828. The number of hydrogen-bond donors (Lipinski definition) is 3. The highest BCUT2D eigenvalue weighted by Crippen LogP contribution is 2.17. The van der Waals surface area contributed by atoms with Crippen molar-refractivity contribution in [2.75, 3.05) is 0 Å². The molecular weight excluding hydrogens is 282 g/mol. The van der Waals surface area contributed by atoms with Crippen LogP contribution in [0.3, 0.4) is 0 Å². The summed E-state index contributed by atoms with van der Waals surface area (Å²) in [5.41, 5.74) is -0.0828. The number of carboxylic acids is 1. The molecule has 1 saturated carbocycles. The molecule has 1 aliphatic rings. The minimum Gasteiger partial charge on any atom is -0.480 e. The molecule has 22 heavy (non-hydrogen) atoms. The number of rotatable bonds is 7. The van der Waals surface area contributed by atoms with E-state index in [2.05, 4.69) is 10.6 Å². The zero-order chi connectivity index (χ0) is 16.5. The predicted molar refractivity (Wildman–Crippen MR) is 82.7 cm³/mol. The third-order valence-corrected chi connectivity index (χ3v) is 3.74. The van der Waals surface area contributed by atoms with Crippen molar-refractivity contribution in [3.8, 4) is 6.07 Å². The van der Waals surface area contributed by atoms with E-state index in [1.54, 1.807) is 0 Å². The molecule has 1 fully saturated rings. The molecule has 0 saturated heterocycles. The molecule has 0 bridgehead atoms. The van der Waals surface area contributed by atoms with Gasteiger partial charge in [-0.2, -0.15) is 5.26 Å². The number of carbonyl (C=O) groups excluding carboxylic acids is 1. The number of nitriles is 1. The lowest BCUT2D eigenvalue weighted by molar-refractivity contribution is -0.139. The summed E-state index contributed by atoms with van der Waals surface area (Å²) in [6, 6.07) is 1.15. The van der Waals surface area contributed by atoms with Gasteiger partial charge in [-0.05, 0) is 25.2 Å². The van der Waals surface area contributed by atoms with Crippen LogP contribution in [0.1, 0.15) is 52.4 Å². The van der Waals surface area contributed by atoms with Gasteiger partial charge in [0.1, 0.15) is 17.7 Å². The molecule has 1 amide bonds. The number of aliphatic carboxylic acids is 1. The second-order valence-corrected chi connectivity index (χ2v) is 6.17. The Hall–Kier alpha value is -2.03. The Morgan fingerprint density at radius 2 is 1.95 bits per heavy atom.